The Morgan fingerprint density at radius 3 is 1.80 bits per heavy atom. The van der Waals surface area contributed by atoms with Gasteiger partial charge in [0.15, 0.2) is 0 Å². The molecule has 0 aliphatic carbocycles. The number of carboxylic acid groups (broad SMARTS) is 1. The van der Waals surface area contributed by atoms with E-state index in [0.717, 1.165) is 11.1 Å². The summed E-state index contributed by atoms with van der Waals surface area (Å²) in [6.45, 7) is 0.581. The number of aromatic nitrogens is 2. The molecule has 0 spiro atoms. The van der Waals surface area contributed by atoms with Gasteiger partial charge in [-0.05, 0) is 24.3 Å². The van der Waals surface area contributed by atoms with E-state index < -0.39 is 5.97 Å². The first-order valence-corrected chi connectivity index (χ1v) is 7.62. The molecule has 0 saturated carbocycles. The first kappa shape index (κ1) is 16.4. The van der Waals surface area contributed by atoms with Crippen LogP contribution in [0.3, 0.4) is 0 Å². The standard InChI is InChI=1S/C19H16N2O4/c22-19(23)16-7-17(24-12-14-3-1-5-20-10-14)9-18(8-16)25-13-15-4-2-6-21-11-15/h1-11H,12-13H2,(H,22,23). The van der Waals surface area contributed by atoms with E-state index in [4.69, 9.17) is 9.47 Å². The Morgan fingerprint density at radius 1 is 0.880 bits per heavy atom. The van der Waals surface area contributed by atoms with Gasteiger partial charge in [0, 0.05) is 42.0 Å². The van der Waals surface area contributed by atoms with Crippen molar-refractivity contribution in [2.24, 2.45) is 0 Å². The fourth-order valence-corrected chi connectivity index (χ4v) is 2.16. The van der Waals surface area contributed by atoms with Crippen molar-refractivity contribution in [2.75, 3.05) is 0 Å². The van der Waals surface area contributed by atoms with Crippen LogP contribution in [0.1, 0.15) is 21.5 Å². The monoisotopic (exact) mass is 336 g/mol. The van der Waals surface area contributed by atoms with Crippen molar-refractivity contribution in [1.29, 1.82) is 0 Å². The number of nitrogens with zero attached hydrogens (tertiary/aromatic N) is 2. The topological polar surface area (TPSA) is 81.5 Å². The Bertz CT molecular complexity index is 777. The summed E-state index contributed by atoms with van der Waals surface area (Å²) in [5.41, 5.74) is 1.88. The van der Waals surface area contributed by atoms with Gasteiger partial charge in [0.1, 0.15) is 24.7 Å². The maximum atomic E-state index is 11.3. The van der Waals surface area contributed by atoms with E-state index in [-0.39, 0.29) is 5.56 Å². The third kappa shape index (κ3) is 4.78. The highest BCUT2D eigenvalue weighted by molar-refractivity contribution is 5.88. The van der Waals surface area contributed by atoms with Crippen LogP contribution in [0.15, 0.2) is 67.3 Å². The lowest BCUT2D eigenvalue weighted by atomic mass is 10.2. The normalized spacial score (nSPS) is 10.2. The van der Waals surface area contributed by atoms with E-state index in [2.05, 4.69) is 9.97 Å². The number of aromatic carboxylic acids is 1. The minimum atomic E-state index is -1.04. The quantitative estimate of drug-likeness (QED) is 0.713. The number of ether oxygens (including phenoxy) is 2. The van der Waals surface area contributed by atoms with Crippen LogP contribution in [0.2, 0.25) is 0 Å². The molecular formula is C19H16N2O4. The van der Waals surface area contributed by atoms with E-state index in [1.807, 2.05) is 24.3 Å². The lowest BCUT2D eigenvalue weighted by molar-refractivity contribution is 0.0695. The van der Waals surface area contributed by atoms with Crippen LogP contribution in [0, 0.1) is 0 Å². The van der Waals surface area contributed by atoms with Gasteiger partial charge >= 0.3 is 5.97 Å². The van der Waals surface area contributed by atoms with Gasteiger partial charge in [-0.25, -0.2) is 4.79 Å². The molecule has 0 amide bonds. The van der Waals surface area contributed by atoms with Crippen LogP contribution in [-0.4, -0.2) is 21.0 Å². The summed E-state index contributed by atoms with van der Waals surface area (Å²) in [6.07, 6.45) is 6.75. The molecule has 0 aliphatic heterocycles. The second-order valence-electron chi connectivity index (χ2n) is 5.30. The number of rotatable bonds is 7. The van der Waals surface area contributed by atoms with Gasteiger partial charge in [-0.3, -0.25) is 9.97 Å². The molecule has 2 aromatic heterocycles. The molecule has 0 atom stereocenters. The van der Waals surface area contributed by atoms with Gasteiger partial charge in [0.2, 0.25) is 0 Å². The molecule has 6 heteroatoms. The van der Waals surface area contributed by atoms with Crippen molar-refractivity contribution < 1.29 is 19.4 Å². The zero-order chi connectivity index (χ0) is 17.5. The predicted molar refractivity (Wildman–Crippen MR) is 90.5 cm³/mol. The minimum Gasteiger partial charge on any atom is -0.489 e. The highest BCUT2D eigenvalue weighted by atomic mass is 16.5. The number of hydrogen-bond acceptors (Lipinski definition) is 5. The van der Waals surface area contributed by atoms with Crippen molar-refractivity contribution in [3.05, 3.63) is 83.9 Å². The number of benzene rings is 1. The summed E-state index contributed by atoms with van der Waals surface area (Å²) in [4.78, 5) is 19.4. The fourth-order valence-electron chi connectivity index (χ4n) is 2.16. The minimum absolute atomic E-state index is 0.102. The van der Waals surface area contributed by atoms with Crippen LogP contribution in [0.4, 0.5) is 0 Å². The molecule has 0 radical (unpaired) electrons. The molecule has 6 nitrogen and oxygen atoms in total. The molecule has 1 aromatic carbocycles. The summed E-state index contributed by atoms with van der Waals surface area (Å²) < 4.78 is 11.4. The number of carbonyl (C=O) groups is 1. The van der Waals surface area contributed by atoms with E-state index in [1.54, 1.807) is 30.9 Å². The van der Waals surface area contributed by atoms with Gasteiger partial charge in [0.25, 0.3) is 0 Å². The molecule has 3 rings (SSSR count). The van der Waals surface area contributed by atoms with Crippen LogP contribution in [0.25, 0.3) is 0 Å². The smallest absolute Gasteiger partial charge is 0.335 e. The first-order chi connectivity index (χ1) is 12.2. The van der Waals surface area contributed by atoms with Crippen LogP contribution >= 0.6 is 0 Å². The van der Waals surface area contributed by atoms with Crippen LogP contribution in [0.5, 0.6) is 11.5 Å². The average molecular weight is 336 g/mol. The third-order valence-electron chi connectivity index (χ3n) is 3.38. The Labute approximate surface area is 144 Å². The van der Waals surface area contributed by atoms with E-state index in [0.29, 0.717) is 24.7 Å². The molecule has 0 saturated heterocycles. The van der Waals surface area contributed by atoms with Crippen molar-refractivity contribution >= 4 is 5.97 Å². The molecule has 126 valence electrons. The second-order valence-corrected chi connectivity index (χ2v) is 5.30. The maximum Gasteiger partial charge on any atom is 0.335 e. The molecule has 25 heavy (non-hydrogen) atoms. The van der Waals surface area contributed by atoms with E-state index in [1.165, 1.54) is 12.1 Å². The van der Waals surface area contributed by atoms with Gasteiger partial charge in [-0.2, -0.15) is 0 Å². The summed E-state index contributed by atoms with van der Waals surface area (Å²) in [5.74, 6) is -0.201. The predicted octanol–water partition coefficient (Wildman–Crippen LogP) is 3.33. The Balaban J connectivity index is 1.73. The molecule has 3 aromatic rings. The highest BCUT2D eigenvalue weighted by Gasteiger charge is 2.09. The molecule has 0 unspecified atom stereocenters. The summed E-state index contributed by atoms with van der Waals surface area (Å²) >= 11 is 0. The average Bonchev–Trinajstić information content (AvgIpc) is 2.66. The lowest BCUT2D eigenvalue weighted by Crippen LogP contribution is -2.02. The zero-order valence-electron chi connectivity index (χ0n) is 13.3. The fraction of sp³-hybridized carbons (Fsp3) is 0.105. The van der Waals surface area contributed by atoms with Crippen molar-refractivity contribution in [1.82, 2.24) is 9.97 Å². The largest absolute Gasteiger partial charge is 0.489 e. The van der Waals surface area contributed by atoms with Gasteiger partial charge < -0.3 is 14.6 Å². The van der Waals surface area contributed by atoms with Crippen molar-refractivity contribution in [3.63, 3.8) is 0 Å². The summed E-state index contributed by atoms with van der Waals surface area (Å²) in [5, 5.41) is 9.27. The summed E-state index contributed by atoms with van der Waals surface area (Å²) in [6, 6.07) is 12.0. The SMILES string of the molecule is O=C(O)c1cc(OCc2cccnc2)cc(OCc2cccnc2)c1. The van der Waals surface area contributed by atoms with E-state index in [9.17, 15) is 9.90 Å². The highest BCUT2D eigenvalue weighted by Crippen LogP contribution is 2.24. The zero-order valence-corrected chi connectivity index (χ0v) is 13.3. The first-order valence-electron chi connectivity index (χ1n) is 7.62. The Kier molecular flexibility index (Phi) is 5.21. The summed E-state index contributed by atoms with van der Waals surface area (Å²) in [7, 11) is 0. The Hall–Kier alpha value is -3.41. The van der Waals surface area contributed by atoms with Crippen LogP contribution < -0.4 is 9.47 Å². The Morgan fingerprint density at radius 2 is 1.40 bits per heavy atom. The molecular weight excluding hydrogens is 320 g/mol. The van der Waals surface area contributed by atoms with Gasteiger partial charge in [0.05, 0.1) is 5.56 Å². The maximum absolute atomic E-state index is 11.3. The number of carboxylic acids is 1. The van der Waals surface area contributed by atoms with Gasteiger partial charge in [-0.15, -0.1) is 0 Å². The molecule has 2 heterocycles. The van der Waals surface area contributed by atoms with E-state index >= 15 is 0 Å². The van der Waals surface area contributed by atoms with Gasteiger partial charge in [-0.1, -0.05) is 12.1 Å². The van der Waals surface area contributed by atoms with Crippen LogP contribution in [-0.2, 0) is 13.2 Å². The second kappa shape index (κ2) is 7.92. The van der Waals surface area contributed by atoms with Crippen molar-refractivity contribution in [3.8, 4) is 11.5 Å². The lowest BCUT2D eigenvalue weighted by Gasteiger charge is -2.11. The number of hydrogen-bond donors (Lipinski definition) is 1. The van der Waals surface area contributed by atoms with Crippen molar-refractivity contribution in [2.45, 2.75) is 13.2 Å². The third-order valence-corrected chi connectivity index (χ3v) is 3.38. The number of pyridine rings is 2. The molecule has 0 bridgehead atoms. The molecule has 0 aliphatic rings. The molecule has 0 fully saturated rings. The molecule has 1 N–H and O–H groups in total.